The average Bonchev–Trinajstić information content (AvgIpc) is 2.29. The van der Waals surface area contributed by atoms with Gasteiger partial charge in [0.15, 0.2) is 0 Å². The Hall–Kier alpha value is -0.880. The molecule has 1 rings (SSSR count). The van der Waals surface area contributed by atoms with Gasteiger partial charge >= 0.3 is 0 Å². The molecule has 0 bridgehead atoms. The molecule has 1 aromatic heterocycles. The molecule has 0 fully saturated rings. The van der Waals surface area contributed by atoms with Gasteiger partial charge in [0.25, 0.3) is 0 Å². The molecule has 0 aliphatic rings. The van der Waals surface area contributed by atoms with Crippen LogP contribution in [0.25, 0.3) is 0 Å². The summed E-state index contributed by atoms with van der Waals surface area (Å²) in [5, 5.41) is 14.9. The summed E-state index contributed by atoms with van der Waals surface area (Å²) >= 11 is 3.39. The fraction of sp³-hybridized carbons (Fsp3) is 0.600. The third kappa shape index (κ3) is 3.94. The number of aromatic nitrogens is 2. The normalized spacial score (nSPS) is 12.2. The molecule has 16 heavy (non-hydrogen) atoms. The van der Waals surface area contributed by atoms with Crippen LogP contribution in [0.5, 0.6) is 0 Å². The minimum absolute atomic E-state index is 0.221. The summed E-state index contributed by atoms with van der Waals surface area (Å²) in [4.78, 5) is 8.37. The monoisotopic (exact) mass is 288 g/mol. The van der Waals surface area contributed by atoms with Crippen LogP contribution in [-0.2, 0) is 0 Å². The molecule has 1 atom stereocenters. The van der Waals surface area contributed by atoms with Gasteiger partial charge in [0.05, 0.1) is 4.47 Å². The Morgan fingerprint density at radius 3 is 2.94 bits per heavy atom. The zero-order valence-electron chi connectivity index (χ0n) is 9.50. The van der Waals surface area contributed by atoms with Crippen LogP contribution in [0.3, 0.4) is 0 Å². The Kier molecular flexibility index (Phi) is 5.48. The zero-order chi connectivity index (χ0) is 12.0. The van der Waals surface area contributed by atoms with Gasteiger partial charge in [0, 0.05) is 25.9 Å². The van der Waals surface area contributed by atoms with Crippen molar-refractivity contribution < 1.29 is 5.11 Å². The Bertz CT molecular complexity index is 335. The Morgan fingerprint density at radius 1 is 1.56 bits per heavy atom. The van der Waals surface area contributed by atoms with E-state index >= 15 is 0 Å². The molecule has 1 heterocycles. The molecule has 0 amide bonds. The van der Waals surface area contributed by atoms with Gasteiger partial charge in [-0.15, -0.1) is 0 Å². The number of anilines is 2. The maximum Gasteiger partial charge on any atom is 0.224 e. The number of aliphatic hydroxyl groups is 1. The summed E-state index contributed by atoms with van der Waals surface area (Å²) in [5.74, 6) is 1.35. The van der Waals surface area contributed by atoms with E-state index in [2.05, 4.69) is 43.5 Å². The SMILES string of the molecule is CNc1ncc(Br)c(NC(C)CCCO)n1. The molecule has 6 heteroatoms. The third-order valence-corrected chi connectivity index (χ3v) is 2.73. The highest BCUT2D eigenvalue weighted by Crippen LogP contribution is 2.21. The van der Waals surface area contributed by atoms with Crippen LogP contribution in [0.2, 0.25) is 0 Å². The Morgan fingerprint density at radius 2 is 2.31 bits per heavy atom. The first-order valence-corrected chi connectivity index (χ1v) is 6.04. The molecule has 0 saturated carbocycles. The van der Waals surface area contributed by atoms with Crippen LogP contribution in [0.4, 0.5) is 11.8 Å². The van der Waals surface area contributed by atoms with E-state index in [1.54, 1.807) is 13.2 Å². The van der Waals surface area contributed by atoms with Gasteiger partial charge in [-0.1, -0.05) is 0 Å². The van der Waals surface area contributed by atoms with Crippen molar-refractivity contribution in [2.75, 3.05) is 24.3 Å². The van der Waals surface area contributed by atoms with Gasteiger partial charge in [-0.3, -0.25) is 0 Å². The average molecular weight is 289 g/mol. The van der Waals surface area contributed by atoms with E-state index in [9.17, 15) is 0 Å². The standard InChI is InChI=1S/C10H17BrN4O/c1-7(4-3-5-16)14-9-8(11)6-13-10(12-2)15-9/h6-7,16H,3-5H2,1-2H3,(H2,12,13,14,15). The van der Waals surface area contributed by atoms with Crippen LogP contribution in [0, 0.1) is 0 Å². The lowest BCUT2D eigenvalue weighted by Gasteiger charge is -2.15. The molecule has 0 aliphatic carbocycles. The first-order chi connectivity index (χ1) is 7.67. The van der Waals surface area contributed by atoms with E-state index in [0.717, 1.165) is 23.1 Å². The van der Waals surface area contributed by atoms with Crippen molar-refractivity contribution in [1.29, 1.82) is 0 Å². The number of hydrogen-bond donors (Lipinski definition) is 3. The van der Waals surface area contributed by atoms with Crippen molar-refractivity contribution in [2.24, 2.45) is 0 Å². The molecule has 3 N–H and O–H groups in total. The van der Waals surface area contributed by atoms with Crippen LogP contribution < -0.4 is 10.6 Å². The van der Waals surface area contributed by atoms with Gasteiger partial charge < -0.3 is 15.7 Å². The fourth-order valence-corrected chi connectivity index (χ4v) is 1.60. The summed E-state index contributed by atoms with van der Waals surface area (Å²) < 4.78 is 0.836. The quantitative estimate of drug-likeness (QED) is 0.745. The predicted molar refractivity (Wildman–Crippen MR) is 68.7 cm³/mol. The summed E-state index contributed by atoms with van der Waals surface area (Å²) in [5.41, 5.74) is 0. The topological polar surface area (TPSA) is 70.1 Å². The van der Waals surface area contributed by atoms with Gasteiger partial charge in [-0.25, -0.2) is 4.98 Å². The smallest absolute Gasteiger partial charge is 0.224 e. The first kappa shape index (κ1) is 13.2. The van der Waals surface area contributed by atoms with Crippen LogP contribution in [0.1, 0.15) is 19.8 Å². The van der Waals surface area contributed by atoms with Crippen molar-refractivity contribution in [3.63, 3.8) is 0 Å². The molecule has 90 valence electrons. The lowest BCUT2D eigenvalue weighted by Crippen LogP contribution is -2.17. The molecule has 5 nitrogen and oxygen atoms in total. The summed E-state index contributed by atoms with van der Waals surface area (Å²) in [6.07, 6.45) is 3.40. The number of nitrogens with one attached hydrogen (secondary N) is 2. The minimum atomic E-state index is 0.221. The van der Waals surface area contributed by atoms with E-state index in [1.807, 2.05) is 0 Å². The van der Waals surface area contributed by atoms with Gasteiger partial charge in [0.1, 0.15) is 5.82 Å². The maximum absolute atomic E-state index is 8.75. The van der Waals surface area contributed by atoms with Crippen molar-refractivity contribution in [2.45, 2.75) is 25.8 Å². The maximum atomic E-state index is 8.75. The molecule has 0 radical (unpaired) electrons. The summed E-state index contributed by atoms with van der Waals surface area (Å²) in [6.45, 7) is 2.28. The predicted octanol–water partition coefficient (Wildman–Crippen LogP) is 1.85. The summed E-state index contributed by atoms with van der Waals surface area (Å²) in [7, 11) is 1.78. The number of nitrogens with zero attached hydrogens (tertiary/aromatic N) is 2. The van der Waals surface area contributed by atoms with Crippen LogP contribution in [-0.4, -0.2) is 34.8 Å². The fourth-order valence-electron chi connectivity index (χ4n) is 1.29. The van der Waals surface area contributed by atoms with Crippen molar-refractivity contribution in [3.05, 3.63) is 10.7 Å². The lowest BCUT2D eigenvalue weighted by molar-refractivity contribution is 0.282. The molecular formula is C10H17BrN4O. The van der Waals surface area contributed by atoms with E-state index in [0.29, 0.717) is 5.95 Å². The second-order valence-electron chi connectivity index (χ2n) is 3.55. The van der Waals surface area contributed by atoms with Crippen molar-refractivity contribution >= 4 is 27.7 Å². The highest BCUT2D eigenvalue weighted by atomic mass is 79.9. The largest absolute Gasteiger partial charge is 0.396 e. The second kappa shape index (κ2) is 6.65. The number of halogens is 1. The van der Waals surface area contributed by atoms with E-state index in [-0.39, 0.29) is 12.6 Å². The number of hydrogen-bond acceptors (Lipinski definition) is 5. The molecule has 0 aromatic carbocycles. The van der Waals surface area contributed by atoms with E-state index < -0.39 is 0 Å². The summed E-state index contributed by atoms with van der Waals surface area (Å²) in [6, 6.07) is 0.267. The Labute approximate surface area is 104 Å². The third-order valence-electron chi connectivity index (χ3n) is 2.15. The molecule has 1 unspecified atom stereocenters. The zero-order valence-corrected chi connectivity index (χ0v) is 11.1. The first-order valence-electron chi connectivity index (χ1n) is 5.25. The highest BCUT2D eigenvalue weighted by Gasteiger charge is 2.07. The second-order valence-corrected chi connectivity index (χ2v) is 4.41. The minimum Gasteiger partial charge on any atom is -0.396 e. The van der Waals surface area contributed by atoms with Crippen LogP contribution in [0.15, 0.2) is 10.7 Å². The van der Waals surface area contributed by atoms with Crippen molar-refractivity contribution in [1.82, 2.24) is 9.97 Å². The number of rotatable bonds is 6. The van der Waals surface area contributed by atoms with Crippen LogP contribution >= 0.6 is 15.9 Å². The van der Waals surface area contributed by atoms with Gasteiger partial charge in [-0.2, -0.15) is 4.98 Å². The molecule has 1 aromatic rings. The molecule has 0 saturated heterocycles. The highest BCUT2D eigenvalue weighted by molar-refractivity contribution is 9.10. The van der Waals surface area contributed by atoms with E-state index in [4.69, 9.17) is 5.11 Å². The van der Waals surface area contributed by atoms with Gasteiger partial charge in [-0.05, 0) is 35.7 Å². The van der Waals surface area contributed by atoms with Gasteiger partial charge in [0.2, 0.25) is 5.95 Å². The molecular weight excluding hydrogens is 272 g/mol. The molecule has 0 aliphatic heterocycles. The number of aliphatic hydroxyl groups excluding tert-OH is 1. The van der Waals surface area contributed by atoms with Crippen molar-refractivity contribution in [3.8, 4) is 0 Å². The molecule has 0 spiro atoms. The lowest BCUT2D eigenvalue weighted by atomic mass is 10.2. The Balaban J connectivity index is 2.64. The van der Waals surface area contributed by atoms with E-state index in [1.165, 1.54) is 0 Å².